The quantitative estimate of drug-likeness (QED) is 0.583. The number of aliphatic hydroxyl groups excluding tert-OH is 1. The first-order chi connectivity index (χ1) is 9.38. The van der Waals surface area contributed by atoms with Gasteiger partial charge >= 0.3 is 0 Å². The number of piperazine rings is 1. The lowest BCUT2D eigenvalue weighted by Gasteiger charge is -2.34. The Morgan fingerprint density at radius 1 is 1.35 bits per heavy atom. The van der Waals surface area contributed by atoms with Crippen molar-refractivity contribution in [1.82, 2.24) is 14.1 Å². The van der Waals surface area contributed by atoms with Gasteiger partial charge in [-0.25, -0.2) is 8.42 Å². The summed E-state index contributed by atoms with van der Waals surface area (Å²) in [6.45, 7) is 6.27. The van der Waals surface area contributed by atoms with Crippen molar-refractivity contribution >= 4 is 15.9 Å². The zero-order valence-electron chi connectivity index (χ0n) is 11.9. The Labute approximate surface area is 120 Å². The summed E-state index contributed by atoms with van der Waals surface area (Å²) in [5.41, 5.74) is 0. The number of amides is 1. The van der Waals surface area contributed by atoms with Crippen molar-refractivity contribution in [2.75, 3.05) is 58.7 Å². The lowest BCUT2D eigenvalue weighted by atomic mass is 10.3. The number of rotatable bonds is 7. The number of carbonyl (C=O) groups is 1. The molecule has 0 radical (unpaired) electrons. The zero-order chi connectivity index (χ0) is 15.2. The molecule has 0 aromatic rings. The Bertz CT molecular complexity index is 430. The van der Waals surface area contributed by atoms with Crippen molar-refractivity contribution in [2.45, 2.75) is 0 Å². The van der Waals surface area contributed by atoms with Gasteiger partial charge < -0.3 is 10.0 Å². The van der Waals surface area contributed by atoms with Gasteiger partial charge in [0.1, 0.15) is 0 Å². The lowest BCUT2D eigenvalue weighted by molar-refractivity contribution is -0.133. The number of hydrogen-bond donors (Lipinski definition) is 1. The molecule has 1 N–H and O–H groups in total. The molecule has 1 aliphatic heterocycles. The van der Waals surface area contributed by atoms with Crippen LogP contribution in [-0.4, -0.2) is 92.2 Å². The highest BCUT2D eigenvalue weighted by molar-refractivity contribution is 7.88. The van der Waals surface area contributed by atoms with Gasteiger partial charge in [-0.15, -0.1) is 6.58 Å². The SMILES string of the molecule is C=CCN(CCO)CC(=O)N1CCN(S(C)(=O)=O)CC1. The molecule has 116 valence electrons. The fourth-order valence-electron chi connectivity index (χ4n) is 2.12. The minimum absolute atomic E-state index is 0.0109. The molecule has 20 heavy (non-hydrogen) atoms. The first-order valence-electron chi connectivity index (χ1n) is 6.55. The van der Waals surface area contributed by atoms with Crippen molar-refractivity contribution in [3.05, 3.63) is 12.7 Å². The van der Waals surface area contributed by atoms with E-state index in [2.05, 4.69) is 6.58 Å². The fraction of sp³-hybridized carbons (Fsp3) is 0.750. The molecule has 0 aromatic carbocycles. The Morgan fingerprint density at radius 3 is 2.40 bits per heavy atom. The monoisotopic (exact) mass is 305 g/mol. The van der Waals surface area contributed by atoms with Crippen molar-refractivity contribution in [3.63, 3.8) is 0 Å². The highest BCUT2D eigenvalue weighted by atomic mass is 32.2. The molecule has 1 amide bonds. The summed E-state index contributed by atoms with van der Waals surface area (Å²) in [6, 6.07) is 0. The van der Waals surface area contributed by atoms with Gasteiger partial charge in [-0.3, -0.25) is 9.69 Å². The Balaban J connectivity index is 2.47. The van der Waals surface area contributed by atoms with Gasteiger partial charge in [0.25, 0.3) is 0 Å². The molecule has 0 aliphatic carbocycles. The van der Waals surface area contributed by atoms with Crippen LogP contribution >= 0.6 is 0 Å². The summed E-state index contributed by atoms with van der Waals surface area (Å²) in [7, 11) is -3.18. The summed E-state index contributed by atoms with van der Waals surface area (Å²) in [4.78, 5) is 15.6. The van der Waals surface area contributed by atoms with Crippen LogP contribution in [-0.2, 0) is 14.8 Å². The molecule has 0 atom stereocenters. The van der Waals surface area contributed by atoms with E-state index >= 15 is 0 Å². The third-order valence-electron chi connectivity index (χ3n) is 3.22. The summed E-state index contributed by atoms with van der Waals surface area (Å²) in [5.74, 6) is -0.0477. The smallest absolute Gasteiger partial charge is 0.236 e. The van der Waals surface area contributed by atoms with Gasteiger partial charge in [0.2, 0.25) is 15.9 Å². The van der Waals surface area contributed by atoms with E-state index in [-0.39, 0.29) is 19.1 Å². The molecular weight excluding hydrogens is 282 g/mol. The number of sulfonamides is 1. The fourth-order valence-corrected chi connectivity index (χ4v) is 2.95. The third kappa shape index (κ3) is 5.20. The van der Waals surface area contributed by atoms with Gasteiger partial charge in [-0.2, -0.15) is 4.31 Å². The summed E-state index contributed by atoms with van der Waals surface area (Å²) in [5, 5.41) is 8.94. The second-order valence-electron chi connectivity index (χ2n) is 4.79. The van der Waals surface area contributed by atoms with Gasteiger partial charge in [0.15, 0.2) is 0 Å². The van der Waals surface area contributed by atoms with E-state index in [1.54, 1.807) is 15.9 Å². The average molecular weight is 305 g/mol. The summed E-state index contributed by atoms with van der Waals surface area (Å²) in [6.07, 6.45) is 2.86. The molecule has 8 heteroatoms. The van der Waals surface area contributed by atoms with Crippen molar-refractivity contribution in [3.8, 4) is 0 Å². The predicted molar refractivity (Wildman–Crippen MR) is 76.7 cm³/mol. The van der Waals surface area contributed by atoms with E-state index in [1.165, 1.54) is 10.6 Å². The molecule has 0 aromatic heterocycles. The highest BCUT2D eigenvalue weighted by Gasteiger charge is 2.26. The van der Waals surface area contributed by atoms with Gasteiger partial charge in [-0.05, 0) is 0 Å². The maximum absolute atomic E-state index is 12.1. The van der Waals surface area contributed by atoms with Crippen LogP contribution < -0.4 is 0 Å². The van der Waals surface area contributed by atoms with Gasteiger partial charge in [0.05, 0.1) is 19.4 Å². The molecule has 0 spiro atoms. The van der Waals surface area contributed by atoms with Crippen LogP contribution in [0.2, 0.25) is 0 Å². The molecular formula is C12H23N3O4S. The van der Waals surface area contributed by atoms with Crippen molar-refractivity contribution < 1.29 is 18.3 Å². The molecule has 1 rings (SSSR count). The summed E-state index contributed by atoms with van der Waals surface area (Å²) >= 11 is 0. The normalized spacial score (nSPS) is 17.4. The van der Waals surface area contributed by atoms with Crippen LogP contribution in [0.3, 0.4) is 0 Å². The number of nitrogens with zero attached hydrogens (tertiary/aromatic N) is 3. The van der Waals surface area contributed by atoms with E-state index in [1.807, 2.05) is 0 Å². The van der Waals surface area contributed by atoms with Crippen molar-refractivity contribution in [1.29, 1.82) is 0 Å². The molecule has 7 nitrogen and oxygen atoms in total. The molecule has 1 fully saturated rings. The topological polar surface area (TPSA) is 81.2 Å². The maximum Gasteiger partial charge on any atom is 0.236 e. The molecule has 1 saturated heterocycles. The number of aliphatic hydroxyl groups is 1. The van der Waals surface area contributed by atoms with Crippen LogP contribution in [0.4, 0.5) is 0 Å². The van der Waals surface area contributed by atoms with Crippen LogP contribution in [0.15, 0.2) is 12.7 Å². The van der Waals surface area contributed by atoms with Crippen LogP contribution in [0.1, 0.15) is 0 Å². The van der Waals surface area contributed by atoms with E-state index in [0.717, 1.165) is 0 Å². The minimum atomic E-state index is -3.18. The minimum Gasteiger partial charge on any atom is -0.395 e. The van der Waals surface area contributed by atoms with Crippen LogP contribution in [0.25, 0.3) is 0 Å². The molecule has 0 saturated carbocycles. The van der Waals surface area contributed by atoms with Crippen LogP contribution in [0.5, 0.6) is 0 Å². The van der Waals surface area contributed by atoms with Crippen molar-refractivity contribution in [2.24, 2.45) is 0 Å². The maximum atomic E-state index is 12.1. The highest BCUT2D eigenvalue weighted by Crippen LogP contribution is 2.06. The second kappa shape index (κ2) is 7.72. The first kappa shape index (κ1) is 17.1. The predicted octanol–water partition coefficient (Wildman–Crippen LogP) is -1.43. The van der Waals surface area contributed by atoms with Crippen LogP contribution in [0, 0.1) is 0 Å². The number of carbonyl (C=O) groups excluding carboxylic acids is 1. The van der Waals surface area contributed by atoms with Gasteiger partial charge in [0, 0.05) is 39.3 Å². The Kier molecular flexibility index (Phi) is 6.60. The Hall–Kier alpha value is -0.960. The average Bonchev–Trinajstić information content (AvgIpc) is 2.38. The standard InChI is InChI=1S/C12H23N3O4S/c1-3-4-13(9-10-16)11-12(17)14-5-7-15(8-6-14)20(2,18)19/h3,16H,1,4-11H2,2H3. The molecule has 1 heterocycles. The first-order valence-corrected chi connectivity index (χ1v) is 8.40. The largest absolute Gasteiger partial charge is 0.395 e. The van der Waals surface area contributed by atoms with E-state index in [4.69, 9.17) is 5.11 Å². The Morgan fingerprint density at radius 2 is 1.95 bits per heavy atom. The molecule has 1 aliphatic rings. The second-order valence-corrected chi connectivity index (χ2v) is 6.77. The van der Waals surface area contributed by atoms with E-state index < -0.39 is 10.0 Å². The van der Waals surface area contributed by atoms with E-state index in [0.29, 0.717) is 39.3 Å². The van der Waals surface area contributed by atoms with Gasteiger partial charge in [-0.1, -0.05) is 6.08 Å². The third-order valence-corrected chi connectivity index (χ3v) is 4.53. The lowest BCUT2D eigenvalue weighted by Crippen LogP contribution is -2.52. The molecule has 0 bridgehead atoms. The van der Waals surface area contributed by atoms with E-state index in [9.17, 15) is 13.2 Å². The zero-order valence-corrected chi connectivity index (χ0v) is 12.7. The molecule has 0 unspecified atom stereocenters. The number of hydrogen-bond acceptors (Lipinski definition) is 5. The summed E-state index contributed by atoms with van der Waals surface area (Å²) < 4.78 is 24.2.